The van der Waals surface area contributed by atoms with Gasteiger partial charge in [0, 0.05) is 18.4 Å². The molecular weight excluding hydrogens is 431 g/mol. The van der Waals surface area contributed by atoms with Crippen molar-refractivity contribution >= 4 is 17.7 Å². The van der Waals surface area contributed by atoms with Crippen LogP contribution in [0.1, 0.15) is 22.6 Å². The zero-order valence-corrected chi connectivity index (χ0v) is 17.3. The Morgan fingerprint density at radius 3 is 2.24 bits per heavy atom. The van der Waals surface area contributed by atoms with Crippen molar-refractivity contribution in [3.8, 4) is 11.1 Å². The maximum Gasteiger partial charge on any atom is 0.407 e. The van der Waals surface area contributed by atoms with Crippen LogP contribution >= 0.6 is 0 Å². The lowest BCUT2D eigenvalue weighted by atomic mass is 9.98. The molecule has 1 aliphatic rings. The van der Waals surface area contributed by atoms with E-state index in [1.54, 1.807) is 0 Å². The minimum Gasteiger partial charge on any atom is -0.595 e. The van der Waals surface area contributed by atoms with Crippen LogP contribution in [-0.4, -0.2) is 35.0 Å². The van der Waals surface area contributed by atoms with Crippen LogP contribution < -0.4 is 10.5 Å². The SMILES string of the molecule is O=C(N[C@@H](Cc1ccc(F)c([NH+]([O-])O)c1)C(=O)O)OCC1c2ccccc2-c2ccccc21. The molecule has 1 aliphatic carbocycles. The Kier molecular flexibility index (Phi) is 6.36. The van der Waals surface area contributed by atoms with E-state index in [1.807, 2.05) is 48.5 Å². The summed E-state index contributed by atoms with van der Waals surface area (Å²) in [6.07, 6.45) is -1.15. The Morgan fingerprint density at radius 1 is 1.06 bits per heavy atom. The summed E-state index contributed by atoms with van der Waals surface area (Å²) in [5.41, 5.74) is 3.85. The van der Waals surface area contributed by atoms with Gasteiger partial charge in [-0.2, -0.15) is 5.23 Å². The molecule has 2 atom stereocenters. The van der Waals surface area contributed by atoms with Crippen molar-refractivity contribution in [1.82, 2.24) is 5.32 Å². The van der Waals surface area contributed by atoms with Crippen LogP contribution in [0, 0.1) is 11.0 Å². The topological polar surface area (TPSA) is 123 Å². The number of carbonyl (C=O) groups is 2. The fraction of sp³-hybridized carbons (Fsp3) is 0.167. The molecule has 0 saturated heterocycles. The van der Waals surface area contributed by atoms with E-state index in [-0.39, 0.29) is 24.5 Å². The van der Waals surface area contributed by atoms with Crippen LogP contribution in [0.25, 0.3) is 11.1 Å². The van der Waals surface area contributed by atoms with Gasteiger partial charge in [-0.1, -0.05) is 54.6 Å². The van der Waals surface area contributed by atoms with Gasteiger partial charge in [-0.25, -0.2) is 19.2 Å². The third-order valence-corrected chi connectivity index (χ3v) is 5.63. The molecule has 0 fully saturated rings. The van der Waals surface area contributed by atoms with Gasteiger partial charge in [-0.15, -0.1) is 0 Å². The third-order valence-electron chi connectivity index (χ3n) is 5.63. The molecule has 170 valence electrons. The molecule has 33 heavy (non-hydrogen) atoms. The Labute approximate surface area is 188 Å². The summed E-state index contributed by atoms with van der Waals surface area (Å²) in [5, 5.41) is 30.5. The third kappa shape index (κ3) is 4.70. The van der Waals surface area contributed by atoms with E-state index in [0.717, 1.165) is 34.4 Å². The Hall–Kier alpha value is -3.79. The maximum atomic E-state index is 13.6. The number of hydrogen-bond donors (Lipinski definition) is 4. The van der Waals surface area contributed by atoms with Crippen LogP contribution in [0.4, 0.5) is 14.9 Å². The van der Waals surface area contributed by atoms with Crippen LogP contribution in [0.3, 0.4) is 0 Å². The molecule has 0 radical (unpaired) electrons. The van der Waals surface area contributed by atoms with Crippen LogP contribution in [0.2, 0.25) is 0 Å². The molecule has 3 aromatic carbocycles. The molecule has 0 aromatic heterocycles. The second kappa shape index (κ2) is 9.37. The standard InChI is InChI=1S/C24H21FN2O6/c25-20-10-9-14(12-22(20)27(31)32)11-21(23(28)29)26-24(30)33-13-19-17-7-3-1-5-15(17)16-6-2-4-8-18(16)19/h1-10,12,19,21,27,31H,11,13H2,(H,26,30)(H,28,29)/t21-/m0/s1. The van der Waals surface area contributed by atoms with Gasteiger partial charge >= 0.3 is 12.1 Å². The first-order valence-electron chi connectivity index (χ1n) is 10.2. The van der Waals surface area contributed by atoms with Gasteiger partial charge in [0.05, 0.1) is 0 Å². The molecule has 0 saturated carbocycles. The number of carbonyl (C=O) groups excluding carboxylic acids is 1. The number of rotatable bonds is 7. The van der Waals surface area contributed by atoms with E-state index in [2.05, 4.69) is 5.32 Å². The van der Waals surface area contributed by atoms with Gasteiger partial charge in [0.15, 0.2) is 11.5 Å². The van der Waals surface area contributed by atoms with Crippen LogP contribution in [-0.2, 0) is 16.0 Å². The number of ether oxygens (including phenoxy) is 1. The van der Waals surface area contributed by atoms with E-state index in [0.29, 0.717) is 0 Å². The van der Waals surface area contributed by atoms with Gasteiger partial charge in [-0.3, -0.25) is 0 Å². The van der Waals surface area contributed by atoms with Gasteiger partial charge in [0.1, 0.15) is 12.6 Å². The zero-order chi connectivity index (χ0) is 23.5. The number of carboxylic acid groups (broad SMARTS) is 1. The number of nitrogens with one attached hydrogen (secondary N) is 2. The van der Waals surface area contributed by atoms with Crippen molar-refractivity contribution in [2.24, 2.45) is 0 Å². The second-order valence-electron chi connectivity index (χ2n) is 7.68. The highest BCUT2D eigenvalue weighted by Crippen LogP contribution is 2.44. The highest BCUT2D eigenvalue weighted by Gasteiger charge is 2.30. The smallest absolute Gasteiger partial charge is 0.407 e. The van der Waals surface area contributed by atoms with Crippen molar-refractivity contribution in [3.63, 3.8) is 0 Å². The molecule has 4 N–H and O–H groups in total. The number of benzene rings is 3. The number of halogens is 1. The fourth-order valence-corrected chi connectivity index (χ4v) is 4.08. The first-order chi connectivity index (χ1) is 15.8. The molecule has 3 aromatic rings. The van der Waals surface area contributed by atoms with E-state index in [9.17, 15) is 24.3 Å². The van der Waals surface area contributed by atoms with E-state index in [4.69, 9.17) is 9.94 Å². The minimum absolute atomic E-state index is 0.0198. The molecule has 0 heterocycles. The zero-order valence-electron chi connectivity index (χ0n) is 17.3. The molecular formula is C24H21FN2O6. The van der Waals surface area contributed by atoms with E-state index in [1.165, 1.54) is 6.07 Å². The Bertz CT molecular complexity index is 1150. The number of alkyl carbamates (subject to hydrolysis) is 1. The second-order valence-corrected chi connectivity index (χ2v) is 7.68. The molecule has 0 aliphatic heterocycles. The number of amides is 1. The molecule has 4 rings (SSSR count). The van der Waals surface area contributed by atoms with Crippen LogP contribution in [0.15, 0.2) is 66.7 Å². The summed E-state index contributed by atoms with van der Waals surface area (Å²) < 4.78 is 19.0. The molecule has 0 bridgehead atoms. The monoisotopic (exact) mass is 452 g/mol. The highest BCUT2D eigenvalue weighted by atomic mass is 19.1. The lowest BCUT2D eigenvalue weighted by Gasteiger charge is -2.18. The summed E-state index contributed by atoms with van der Waals surface area (Å²) >= 11 is 0. The fourth-order valence-electron chi connectivity index (χ4n) is 4.08. The van der Waals surface area contributed by atoms with Crippen LogP contribution in [0.5, 0.6) is 0 Å². The van der Waals surface area contributed by atoms with Crippen molar-refractivity contribution in [3.05, 3.63) is 94.4 Å². The van der Waals surface area contributed by atoms with Gasteiger partial charge < -0.3 is 20.4 Å². The van der Waals surface area contributed by atoms with Crippen molar-refractivity contribution < 1.29 is 34.3 Å². The first kappa shape index (κ1) is 22.4. The number of carboxylic acids is 1. The Balaban J connectivity index is 1.43. The van der Waals surface area contributed by atoms with Gasteiger partial charge in [0.25, 0.3) is 0 Å². The molecule has 0 spiro atoms. The quantitative estimate of drug-likeness (QED) is 0.409. The van der Waals surface area contributed by atoms with Gasteiger partial charge in [-0.05, 0) is 33.9 Å². The number of aliphatic carboxylic acids is 1. The lowest BCUT2D eigenvalue weighted by molar-refractivity contribution is -0.992. The maximum absolute atomic E-state index is 13.6. The van der Waals surface area contributed by atoms with E-state index >= 15 is 0 Å². The molecule has 1 unspecified atom stereocenters. The number of quaternary nitrogens is 1. The number of fused-ring (bicyclic) bond motifs is 3. The largest absolute Gasteiger partial charge is 0.595 e. The predicted molar refractivity (Wildman–Crippen MR) is 116 cm³/mol. The first-order valence-corrected chi connectivity index (χ1v) is 10.2. The lowest BCUT2D eigenvalue weighted by Crippen LogP contribution is -2.99. The van der Waals surface area contributed by atoms with Gasteiger partial charge in [0.2, 0.25) is 0 Å². The Morgan fingerprint density at radius 2 is 1.67 bits per heavy atom. The normalized spacial score (nSPS) is 14.2. The summed E-state index contributed by atoms with van der Waals surface area (Å²) in [6.45, 7) is 0.0198. The number of hydrogen-bond acceptors (Lipinski definition) is 5. The molecule has 8 nitrogen and oxygen atoms in total. The predicted octanol–water partition coefficient (Wildman–Crippen LogP) is 2.76. The minimum atomic E-state index is -1.47. The van der Waals surface area contributed by atoms with E-state index < -0.39 is 34.8 Å². The summed E-state index contributed by atoms with van der Waals surface area (Å²) in [7, 11) is 0. The summed E-state index contributed by atoms with van der Waals surface area (Å²) in [5.74, 6) is -2.44. The molecule has 1 amide bonds. The summed E-state index contributed by atoms with van der Waals surface area (Å²) in [6, 6.07) is 17.5. The van der Waals surface area contributed by atoms with Crippen molar-refractivity contribution in [2.45, 2.75) is 18.4 Å². The average molecular weight is 452 g/mol. The van der Waals surface area contributed by atoms with Crippen molar-refractivity contribution in [1.29, 1.82) is 0 Å². The highest BCUT2D eigenvalue weighted by molar-refractivity contribution is 5.81. The van der Waals surface area contributed by atoms with Crippen molar-refractivity contribution in [2.75, 3.05) is 6.61 Å². The summed E-state index contributed by atoms with van der Waals surface area (Å²) in [4.78, 5) is 24.1. The average Bonchev–Trinajstić information content (AvgIpc) is 3.12. The molecule has 9 heteroatoms.